The second-order valence-electron chi connectivity index (χ2n) is 4.76. The Labute approximate surface area is 121 Å². The SMILES string of the molecule is CC(C)(C)C(=O)C(Cl)N=Nc1ccc(Cl)c(Cl)c1. The number of alkyl halides is 1. The van der Waals surface area contributed by atoms with Crippen LogP contribution in [0.5, 0.6) is 0 Å². The van der Waals surface area contributed by atoms with Crippen LogP contribution in [0.4, 0.5) is 5.69 Å². The molecular formula is C12H13Cl3N2O. The van der Waals surface area contributed by atoms with Crippen LogP contribution in [0.1, 0.15) is 20.8 Å². The number of ketones is 1. The van der Waals surface area contributed by atoms with Crippen molar-refractivity contribution in [3.05, 3.63) is 28.2 Å². The molecule has 0 N–H and O–H groups in total. The number of halogens is 3. The summed E-state index contributed by atoms with van der Waals surface area (Å²) in [6, 6.07) is 4.80. The van der Waals surface area contributed by atoms with Crippen LogP contribution in [-0.4, -0.2) is 11.3 Å². The Morgan fingerprint density at radius 2 is 1.83 bits per heavy atom. The maximum Gasteiger partial charge on any atom is 0.203 e. The van der Waals surface area contributed by atoms with Gasteiger partial charge in [0.15, 0.2) is 5.78 Å². The molecule has 0 fully saturated rings. The fraction of sp³-hybridized carbons (Fsp3) is 0.417. The first kappa shape index (κ1) is 15.4. The summed E-state index contributed by atoms with van der Waals surface area (Å²) in [4.78, 5) is 11.8. The molecule has 0 spiro atoms. The smallest absolute Gasteiger partial charge is 0.203 e. The van der Waals surface area contributed by atoms with E-state index in [0.29, 0.717) is 15.7 Å². The highest BCUT2D eigenvalue weighted by atomic mass is 35.5. The third kappa shape index (κ3) is 4.23. The lowest BCUT2D eigenvalue weighted by atomic mass is 9.91. The summed E-state index contributed by atoms with van der Waals surface area (Å²) in [6.45, 7) is 5.33. The van der Waals surface area contributed by atoms with Crippen molar-refractivity contribution in [2.45, 2.75) is 26.3 Å². The summed E-state index contributed by atoms with van der Waals surface area (Å²) in [5.74, 6) is -0.187. The van der Waals surface area contributed by atoms with Crippen molar-refractivity contribution in [1.29, 1.82) is 0 Å². The van der Waals surface area contributed by atoms with Gasteiger partial charge in [0.2, 0.25) is 5.50 Å². The van der Waals surface area contributed by atoms with E-state index in [-0.39, 0.29) is 5.78 Å². The van der Waals surface area contributed by atoms with Crippen LogP contribution in [0.25, 0.3) is 0 Å². The highest BCUT2D eigenvalue weighted by Gasteiger charge is 2.28. The number of hydrogen-bond acceptors (Lipinski definition) is 3. The van der Waals surface area contributed by atoms with Gasteiger partial charge in [0.25, 0.3) is 0 Å². The molecule has 98 valence electrons. The van der Waals surface area contributed by atoms with Crippen molar-refractivity contribution >= 4 is 46.3 Å². The van der Waals surface area contributed by atoms with Gasteiger partial charge in [-0.3, -0.25) is 4.79 Å². The van der Waals surface area contributed by atoms with Crippen LogP contribution in [-0.2, 0) is 4.79 Å². The number of carbonyl (C=O) groups is 1. The maximum atomic E-state index is 11.8. The zero-order valence-corrected chi connectivity index (χ0v) is 12.5. The monoisotopic (exact) mass is 306 g/mol. The average Bonchev–Trinajstić information content (AvgIpc) is 2.28. The molecule has 0 aliphatic heterocycles. The minimum absolute atomic E-state index is 0.187. The number of nitrogens with zero attached hydrogens (tertiary/aromatic N) is 2. The highest BCUT2D eigenvalue weighted by Crippen LogP contribution is 2.27. The zero-order chi connectivity index (χ0) is 13.9. The molecule has 18 heavy (non-hydrogen) atoms. The predicted molar refractivity (Wildman–Crippen MR) is 75.1 cm³/mol. The Bertz CT molecular complexity index is 481. The molecule has 0 amide bonds. The van der Waals surface area contributed by atoms with Crippen LogP contribution in [0.3, 0.4) is 0 Å². The normalized spacial score (nSPS) is 13.9. The number of azo groups is 1. The number of hydrogen-bond donors (Lipinski definition) is 0. The standard InChI is InChI=1S/C12H13Cl3N2O/c1-12(2,3)10(18)11(15)17-16-7-4-5-8(13)9(14)6-7/h4-6,11H,1-3H3. The van der Waals surface area contributed by atoms with Gasteiger partial charge in [-0.05, 0) is 18.2 Å². The molecule has 0 aliphatic rings. The fourth-order valence-electron chi connectivity index (χ4n) is 1.07. The fourth-order valence-corrected chi connectivity index (χ4v) is 1.74. The van der Waals surface area contributed by atoms with Gasteiger partial charge >= 0.3 is 0 Å². The van der Waals surface area contributed by atoms with Crippen molar-refractivity contribution in [3.63, 3.8) is 0 Å². The second kappa shape index (κ2) is 6.00. The van der Waals surface area contributed by atoms with Crippen LogP contribution in [0.2, 0.25) is 10.0 Å². The van der Waals surface area contributed by atoms with E-state index in [9.17, 15) is 4.79 Å². The third-order valence-corrected chi connectivity index (χ3v) is 3.16. The molecule has 1 aromatic carbocycles. The van der Waals surface area contributed by atoms with Crippen molar-refractivity contribution in [1.82, 2.24) is 0 Å². The summed E-state index contributed by atoms with van der Waals surface area (Å²) in [6.07, 6.45) is 0. The van der Waals surface area contributed by atoms with Gasteiger partial charge in [-0.25, -0.2) is 0 Å². The van der Waals surface area contributed by atoms with Gasteiger partial charge < -0.3 is 0 Å². The van der Waals surface area contributed by atoms with Crippen LogP contribution < -0.4 is 0 Å². The topological polar surface area (TPSA) is 41.8 Å². The van der Waals surface area contributed by atoms with E-state index in [4.69, 9.17) is 34.8 Å². The van der Waals surface area contributed by atoms with Crippen LogP contribution >= 0.6 is 34.8 Å². The van der Waals surface area contributed by atoms with E-state index >= 15 is 0 Å². The third-order valence-electron chi connectivity index (χ3n) is 2.13. The minimum atomic E-state index is -1.00. The number of benzene rings is 1. The van der Waals surface area contributed by atoms with Crippen LogP contribution in [0, 0.1) is 5.41 Å². The molecule has 0 saturated carbocycles. The molecule has 0 aliphatic carbocycles. The van der Waals surface area contributed by atoms with Gasteiger partial charge in [0, 0.05) is 5.41 Å². The lowest BCUT2D eigenvalue weighted by molar-refractivity contribution is -0.125. The van der Waals surface area contributed by atoms with Crippen molar-refractivity contribution in [2.75, 3.05) is 0 Å². The molecule has 1 aromatic rings. The summed E-state index contributed by atoms with van der Waals surface area (Å²) < 4.78 is 0. The number of carbonyl (C=O) groups excluding carboxylic acids is 1. The van der Waals surface area contributed by atoms with Gasteiger partial charge in [-0.15, -0.1) is 0 Å². The largest absolute Gasteiger partial charge is 0.295 e. The van der Waals surface area contributed by atoms with E-state index in [1.807, 2.05) is 0 Å². The molecule has 6 heteroatoms. The second-order valence-corrected chi connectivity index (χ2v) is 5.99. The Morgan fingerprint density at radius 3 is 2.33 bits per heavy atom. The summed E-state index contributed by atoms with van der Waals surface area (Å²) >= 11 is 17.5. The van der Waals surface area contributed by atoms with Gasteiger partial charge in [-0.1, -0.05) is 55.6 Å². The molecule has 3 nitrogen and oxygen atoms in total. The number of rotatable bonds is 3. The van der Waals surface area contributed by atoms with E-state index < -0.39 is 10.9 Å². The number of Topliss-reactive ketones (excluding diaryl/α,β-unsaturated/α-hetero) is 1. The Hall–Kier alpha value is -0.640. The summed E-state index contributed by atoms with van der Waals surface area (Å²) in [7, 11) is 0. The van der Waals surface area contributed by atoms with Gasteiger partial charge in [0.1, 0.15) is 0 Å². The summed E-state index contributed by atoms with van der Waals surface area (Å²) in [5.41, 5.74) is -1.06. The van der Waals surface area contributed by atoms with E-state index in [0.717, 1.165) is 0 Å². The van der Waals surface area contributed by atoms with E-state index in [1.54, 1.807) is 39.0 Å². The first-order chi connectivity index (χ1) is 8.21. The molecular weight excluding hydrogens is 295 g/mol. The Kier molecular flexibility index (Phi) is 5.14. The molecule has 1 rings (SSSR count). The molecule has 0 aromatic heterocycles. The van der Waals surface area contributed by atoms with Crippen molar-refractivity contribution in [2.24, 2.45) is 15.6 Å². The molecule has 0 heterocycles. The van der Waals surface area contributed by atoms with Gasteiger partial charge in [0.05, 0.1) is 15.7 Å². The van der Waals surface area contributed by atoms with Gasteiger partial charge in [-0.2, -0.15) is 10.2 Å². The van der Waals surface area contributed by atoms with Crippen molar-refractivity contribution in [3.8, 4) is 0 Å². The lowest BCUT2D eigenvalue weighted by Crippen LogP contribution is -2.27. The molecule has 0 bridgehead atoms. The van der Waals surface area contributed by atoms with Crippen molar-refractivity contribution < 1.29 is 4.79 Å². The van der Waals surface area contributed by atoms with E-state index in [2.05, 4.69) is 10.2 Å². The first-order valence-electron chi connectivity index (χ1n) is 5.26. The molecule has 0 radical (unpaired) electrons. The maximum absolute atomic E-state index is 11.8. The minimum Gasteiger partial charge on any atom is -0.295 e. The first-order valence-corrected chi connectivity index (χ1v) is 6.45. The highest BCUT2D eigenvalue weighted by molar-refractivity contribution is 6.42. The van der Waals surface area contributed by atoms with Crippen LogP contribution in [0.15, 0.2) is 28.4 Å². The Balaban J connectivity index is 2.81. The quantitative estimate of drug-likeness (QED) is 0.427. The Morgan fingerprint density at radius 1 is 1.22 bits per heavy atom. The molecule has 0 saturated heterocycles. The molecule has 1 atom stereocenters. The summed E-state index contributed by atoms with van der Waals surface area (Å²) in [5, 5.41) is 8.45. The average molecular weight is 308 g/mol. The zero-order valence-electron chi connectivity index (χ0n) is 10.2. The predicted octanol–water partition coefficient (Wildman–Crippen LogP) is 5.26. The molecule has 1 unspecified atom stereocenters. The lowest BCUT2D eigenvalue weighted by Gasteiger charge is -2.17. The van der Waals surface area contributed by atoms with E-state index in [1.165, 1.54) is 0 Å².